The van der Waals surface area contributed by atoms with Gasteiger partial charge in [-0.1, -0.05) is 12.1 Å². The van der Waals surface area contributed by atoms with E-state index in [0.717, 1.165) is 53.9 Å². The van der Waals surface area contributed by atoms with Gasteiger partial charge in [0.25, 0.3) is 5.91 Å². The number of nitrogens with zero attached hydrogens (tertiary/aromatic N) is 2. The molecule has 2 fully saturated rings. The van der Waals surface area contributed by atoms with Crippen LogP contribution in [0.5, 0.6) is 5.75 Å². The van der Waals surface area contributed by atoms with Crippen molar-refractivity contribution in [3.63, 3.8) is 0 Å². The number of carboxylic acid groups (broad SMARTS) is 1. The van der Waals surface area contributed by atoms with Gasteiger partial charge >= 0.3 is 5.97 Å². The molecule has 0 spiro atoms. The Labute approximate surface area is 223 Å². The average Bonchev–Trinajstić information content (AvgIpc) is 3.62. The Morgan fingerprint density at radius 1 is 1.13 bits per heavy atom. The molecule has 1 aromatic heterocycles. The number of H-pyrrole nitrogens is 1. The van der Waals surface area contributed by atoms with Crippen LogP contribution in [0.1, 0.15) is 65.7 Å². The van der Waals surface area contributed by atoms with Crippen molar-refractivity contribution in [3.05, 3.63) is 64.8 Å². The van der Waals surface area contributed by atoms with Crippen molar-refractivity contribution in [1.82, 2.24) is 14.8 Å². The number of hydrogen-bond donors (Lipinski definition) is 2. The zero-order valence-electron chi connectivity index (χ0n) is 22.4. The quantitative estimate of drug-likeness (QED) is 0.439. The lowest BCUT2D eigenvalue weighted by Crippen LogP contribution is -2.40. The molecular formula is C30H37N3O5. The summed E-state index contributed by atoms with van der Waals surface area (Å²) in [6.45, 7) is 6.90. The maximum atomic E-state index is 13.1. The number of fused-ring (bicyclic) bond motifs is 1. The lowest BCUT2D eigenvalue weighted by atomic mass is 9.91. The molecule has 3 aromatic rings. The molecule has 8 heteroatoms. The van der Waals surface area contributed by atoms with E-state index in [1.165, 1.54) is 10.3 Å². The predicted molar refractivity (Wildman–Crippen MR) is 146 cm³/mol. The van der Waals surface area contributed by atoms with Gasteiger partial charge in [-0.15, -0.1) is 0 Å². The van der Waals surface area contributed by atoms with Crippen molar-refractivity contribution in [2.24, 2.45) is 0 Å². The number of rotatable bonds is 8. The van der Waals surface area contributed by atoms with Gasteiger partial charge in [0.2, 0.25) is 0 Å². The van der Waals surface area contributed by atoms with Crippen LogP contribution in [0.25, 0.3) is 10.9 Å². The summed E-state index contributed by atoms with van der Waals surface area (Å²) in [5.74, 6) is -0.261. The lowest BCUT2D eigenvalue weighted by molar-refractivity contribution is -0.141. The Hall–Kier alpha value is -3.36. The molecule has 2 aromatic carbocycles. The number of likely N-dealkylation sites (tertiary alicyclic amines) is 2. The number of aryl methyl sites for hydroxylation is 1. The number of piperidine rings is 1. The van der Waals surface area contributed by atoms with Crippen LogP contribution >= 0.6 is 0 Å². The number of carbonyl (C=O) groups excluding carboxylic acids is 1. The summed E-state index contributed by atoms with van der Waals surface area (Å²) >= 11 is 0. The van der Waals surface area contributed by atoms with Gasteiger partial charge in [-0.3, -0.25) is 9.69 Å². The molecule has 8 nitrogen and oxygen atoms in total. The van der Waals surface area contributed by atoms with Gasteiger partial charge in [0.05, 0.1) is 13.2 Å². The number of amides is 1. The van der Waals surface area contributed by atoms with Crippen LogP contribution in [-0.2, 0) is 16.1 Å². The van der Waals surface area contributed by atoms with E-state index in [1.807, 2.05) is 37.4 Å². The summed E-state index contributed by atoms with van der Waals surface area (Å²) in [7, 11) is 1.72. The van der Waals surface area contributed by atoms with Crippen LogP contribution in [0, 0.1) is 6.92 Å². The van der Waals surface area contributed by atoms with Crippen LogP contribution in [0.3, 0.4) is 0 Å². The Bertz CT molecular complexity index is 1300. The summed E-state index contributed by atoms with van der Waals surface area (Å²) in [5, 5.41) is 10.7. The van der Waals surface area contributed by atoms with Gasteiger partial charge in [0.15, 0.2) is 0 Å². The first-order chi connectivity index (χ1) is 18.4. The zero-order valence-corrected chi connectivity index (χ0v) is 22.4. The second-order valence-electron chi connectivity index (χ2n) is 10.3. The maximum Gasteiger partial charge on any atom is 0.326 e. The molecule has 1 amide bonds. The van der Waals surface area contributed by atoms with Crippen molar-refractivity contribution in [3.8, 4) is 5.75 Å². The summed E-state index contributed by atoms with van der Waals surface area (Å²) in [6.07, 6.45) is 5.19. The van der Waals surface area contributed by atoms with E-state index in [1.54, 1.807) is 7.11 Å². The van der Waals surface area contributed by atoms with E-state index in [9.17, 15) is 14.7 Å². The highest BCUT2D eigenvalue weighted by molar-refractivity contribution is 5.97. The van der Waals surface area contributed by atoms with Gasteiger partial charge in [-0.2, -0.15) is 0 Å². The minimum Gasteiger partial charge on any atom is -0.496 e. The van der Waals surface area contributed by atoms with Gasteiger partial charge in [0, 0.05) is 60.5 Å². The number of methoxy groups -OCH3 is 1. The van der Waals surface area contributed by atoms with E-state index in [2.05, 4.69) is 28.9 Å². The van der Waals surface area contributed by atoms with Crippen molar-refractivity contribution in [2.75, 3.05) is 26.8 Å². The van der Waals surface area contributed by atoms with Crippen LogP contribution in [0.4, 0.5) is 0 Å². The molecule has 0 aliphatic carbocycles. The summed E-state index contributed by atoms with van der Waals surface area (Å²) in [6, 6.07) is 11.3. The third-order valence-corrected chi connectivity index (χ3v) is 8.10. The Kier molecular flexibility index (Phi) is 7.72. The standard InChI is InChI=1S/C30H37N3O5/c1-4-38-22-12-15-32(18-24-23-11-13-31-28(23)19(2)16-27(24)37-3)26(17-22)20-7-9-21(10-8-20)29(34)33-14-5-6-25(33)30(35)36/h7-11,13,16,22,25-26,31H,4-6,12,14-15,17-18H2,1-3H3,(H,35,36)/t22-,25+,26+/m1/s1. The Morgan fingerprint density at radius 2 is 1.92 bits per heavy atom. The maximum absolute atomic E-state index is 13.1. The topological polar surface area (TPSA) is 95.1 Å². The average molecular weight is 520 g/mol. The van der Waals surface area contributed by atoms with Crippen molar-refractivity contribution >= 4 is 22.8 Å². The summed E-state index contributed by atoms with van der Waals surface area (Å²) in [4.78, 5) is 32.0. The molecule has 0 unspecified atom stereocenters. The first-order valence-electron chi connectivity index (χ1n) is 13.5. The molecule has 202 valence electrons. The predicted octanol–water partition coefficient (Wildman–Crippen LogP) is 4.92. The summed E-state index contributed by atoms with van der Waals surface area (Å²) in [5.41, 5.74) is 5.10. The number of aromatic amines is 1. The smallest absolute Gasteiger partial charge is 0.326 e. The van der Waals surface area contributed by atoms with Gasteiger partial charge in [-0.05, 0) is 74.9 Å². The van der Waals surface area contributed by atoms with Gasteiger partial charge < -0.3 is 24.5 Å². The second-order valence-corrected chi connectivity index (χ2v) is 10.3. The fraction of sp³-hybridized carbons (Fsp3) is 0.467. The van der Waals surface area contributed by atoms with Crippen LogP contribution in [0.2, 0.25) is 0 Å². The number of ether oxygens (including phenoxy) is 2. The normalized spacial score (nSPS) is 22.2. The summed E-state index contributed by atoms with van der Waals surface area (Å²) < 4.78 is 11.9. The highest BCUT2D eigenvalue weighted by atomic mass is 16.5. The third-order valence-electron chi connectivity index (χ3n) is 8.10. The van der Waals surface area contributed by atoms with Gasteiger partial charge in [0.1, 0.15) is 11.8 Å². The second kappa shape index (κ2) is 11.2. The highest BCUT2D eigenvalue weighted by Gasteiger charge is 2.35. The van der Waals surface area contributed by atoms with E-state index >= 15 is 0 Å². The fourth-order valence-electron chi connectivity index (χ4n) is 6.17. The number of carboxylic acids is 1. The van der Waals surface area contributed by atoms with E-state index < -0.39 is 12.0 Å². The minimum atomic E-state index is -0.935. The zero-order chi connectivity index (χ0) is 26.8. The molecule has 5 rings (SSSR count). The van der Waals surface area contributed by atoms with Crippen molar-refractivity contribution in [1.29, 1.82) is 0 Å². The first kappa shape index (κ1) is 26.3. The monoisotopic (exact) mass is 519 g/mol. The molecule has 0 saturated carbocycles. The number of carbonyl (C=O) groups is 2. The Balaban J connectivity index is 1.42. The highest BCUT2D eigenvalue weighted by Crippen LogP contribution is 2.38. The first-order valence-corrected chi connectivity index (χ1v) is 13.5. The number of aliphatic carboxylic acids is 1. The fourth-order valence-corrected chi connectivity index (χ4v) is 6.17. The van der Waals surface area contributed by atoms with Crippen LogP contribution in [0.15, 0.2) is 42.6 Å². The third kappa shape index (κ3) is 5.02. The van der Waals surface area contributed by atoms with E-state index in [0.29, 0.717) is 31.6 Å². The van der Waals surface area contributed by atoms with Crippen LogP contribution < -0.4 is 4.74 Å². The molecule has 2 aliphatic heterocycles. The minimum absolute atomic E-state index is 0.114. The number of nitrogens with one attached hydrogen (secondary N) is 1. The number of hydrogen-bond acceptors (Lipinski definition) is 5. The molecule has 0 radical (unpaired) electrons. The molecule has 2 aliphatic rings. The van der Waals surface area contributed by atoms with Gasteiger partial charge in [-0.25, -0.2) is 4.79 Å². The number of aromatic nitrogens is 1. The van der Waals surface area contributed by atoms with E-state index in [-0.39, 0.29) is 18.1 Å². The van der Waals surface area contributed by atoms with Crippen molar-refractivity contribution in [2.45, 2.75) is 64.3 Å². The van der Waals surface area contributed by atoms with E-state index in [4.69, 9.17) is 9.47 Å². The SMILES string of the molecule is CCO[C@@H]1CCN(Cc2c(OC)cc(C)c3[nH]ccc23)[C@H](c2ccc(C(=O)N3CCC[C@H]3C(=O)O)cc2)C1. The van der Waals surface area contributed by atoms with Crippen molar-refractivity contribution < 1.29 is 24.2 Å². The molecule has 3 atom stereocenters. The molecule has 2 N–H and O–H groups in total. The van der Waals surface area contributed by atoms with Crippen LogP contribution in [-0.4, -0.2) is 70.7 Å². The molecule has 3 heterocycles. The lowest BCUT2D eigenvalue weighted by Gasteiger charge is -2.40. The number of benzene rings is 2. The Morgan fingerprint density at radius 3 is 2.63 bits per heavy atom. The largest absolute Gasteiger partial charge is 0.496 e. The molecule has 2 saturated heterocycles. The molecular weight excluding hydrogens is 482 g/mol. The molecule has 38 heavy (non-hydrogen) atoms. The molecule has 0 bridgehead atoms.